The van der Waals surface area contributed by atoms with E-state index in [1.165, 1.54) is 30.4 Å². The second kappa shape index (κ2) is 8.57. The summed E-state index contributed by atoms with van der Waals surface area (Å²) in [5.74, 6) is 0.855. The predicted molar refractivity (Wildman–Crippen MR) is 111 cm³/mol. The van der Waals surface area contributed by atoms with Gasteiger partial charge >= 0.3 is 0 Å². The van der Waals surface area contributed by atoms with Gasteiger partial charge in [-0.25, -0.2) is 0 Å². The summed E-state index contributed by atoms with van der Waals surface area (Å²) in [5.41, 5.74) is 2.87. The quantitative estimate of drug-likeness (QED) is 0.582. The van der Waals surface area contributed by atoms with E-state index in [2.05, 4.69) is 76.2 Å². The number of benzene rings is 1. The molecular formula is C21H32N6. The lowest BCUT2D eigenvalue weighted by Gasteiger charge is -2.43. The Balaban J connectivity index is 1.59. The van der Waals surface area contributed by atoms with Gasteiger partial charge in [-0.05, 0) is 32.5 Å². The summed E-state index contributed by atoms with van der Waals surface area (Å²) in [6.45, 7) is 1.69. The predicted octanol–water partition coefficient (Wildman–Crippen LogP) is 2.31. The fourth-order valence-corrected chi connectivity index (χ4v) is 3.84. The average Bonchev–Trinajstić information content (AvgIpc) is 3.05. The maximum Gasteiger partial charge on any atom is 0.191 e. The molecule has 1 unspecified atom stereocenters. The van der Waals surface area contributed by atoms with E-state index in [1.54, 1.807) is 0 Å². The standard InChI is InChI=1S/C21H32N6/c1-22-20(23-14-19(26(2)3)17-13-25-27(4)15-17)24-16-21(11-8-12-21)18-9-6-5-7-10-18/h5-7,9-10,13,15,19H,8,11-12,14,16H2,1-4H3,(H2,22,23,24). The molecule has 0 bridgehead atoms. The third-order valence-electron chi connectivity index (χ3n) is 5.71. The van der Waals surface area contributed by atoms with E-state index in [0.717, 1.165) is 19.0 Å². The number of rotatable bonds is 7. The molecule has 1 fully saturated rings. The molecule has 2 aromatic rings. The van der Waals surface area contributed by atoms with Crippen LogP contribution in [0.1, 0.15) is 36.4 Å². The third kappa shape index (κ3) is 4.50. The highest BCUT2D eigenvalue weighted by Crippen LogP contribution is 2.43. The maximum atomic E-state index is 4.43. The van der Waals surface area contributed by atoms with Gasteiger partial charge < -0.3 is 15.5 Å². The van der Waals surface area contributed by atoms with Gasteiger partial charge in [-0.1, -0.05) is 36.8 Å². The number of hydrogen-bond donors (Lipinski definition) is 2. The number of likely N-dealkylation sites (N-methyl/N-ethyl adjacent to an activating group) is 1. The molecular weight excluding hydrogens is 336 g/mol. The zero-order chi connectivity index (χ0) is 19.3. The van der Waals surface area contributed by atoms with E-state index in [1.807, 2.05) is 25.0 Å². The fourth-order valence-electron chi connectivity index (χ4n) is 3.84. The van der Waals surface area contributed by atoms with Gasteiger partial charge in [0.2, 0.25) is 0 Å². The molecule has 146 valence electrons. The van der Waals surface area contributed by atoms with Gasteiger partial charge in [-0.2, -0.15) is 5.10 Å². The Labute approximate surface area is 162 Å². The summed E-state index contributed by atoms with van der Waals surface area (Å²) in [4.78, 5) is 6.63. The molecule has 0 radical (unpaired) electrons. The first-order chi connectivity index (χ1) is 13.0. The topological polar surface area (TPSA) is 57.5 Å². The van der Waals surface area contributed by atoms with Gasteiger partial charge in [0, 0.05) is 44.4 Å². The molecule has 3 rings (SSSR count). The minimum atomic E-state index is 0.239. The highest BCUT2D eigenvalue weighted by atomic mass is 15.3. The van der Waals surface area contributed by atoms with Crippen LogP contribution >= 0.6 is 0 Å². The van der Waals surface area contributed by atoms with Crippen molar-refractivity contribution in [1.29, 1.82) is 0 Å². The van der Waals surface area contributed by atoms with Crippen LogP contribution in [0, 0.1) is 0 Å². The van der Waals surface area contributed by atoms with Crippen molar-refractivity contribution in [3.05, 3.63) is 53.9 Å². The first-order valence-electron chi connectivity index (χ1n) is 9.69. The van der Waals surface area contributed by atoms with Gasteiger partial charge in [-0.3, -0.25) is 9.67 Å². The van der Waals surface area contributed by atoms with E-state index in [4.69, 9.17) is 0 Å². The van der Waals surface area contributed by atoms with E-state index in [0.29, 0.717) is 0 Å². The summed E-state index contributed by atoms with van der Waals surface area (Å²) in [6.07, 6.45) is 7.77. The molecule has 0 saturated heterocycles. The molecule has 2 N–H and O–H groups in total. The molecule has 0 aliphatic heterocycles. The summed E-state index contributed by atoms with van der Waals surface area (Å²) < 4.78 is 1.85. The maximum absolute atomic E-state index is 4.43. The zero-order valence-corrected chi connectivity index (χ0v) is 16.9. The van der Waals surface area contributed by atoms with Gasteiger partial charge in [0.05, 0.1) is 12.2 Å². The third-order valence-corrected chi connectivity index (χ3v) is 5.71. The number of aryl methyl sites for hydroxylation is 1. The van der Waals surface area contributed by atoms with Crippen molar-refractivity contribution < 1.29 is 0 Å². The van der Waals surface area contributed by atoms with Gasteiger partial charge in [-0.15, -0.1) is 0 Å². The average molecular weight is 369 g/mol. The lowest BCUT2D eigenvalue weighted by Crippen LogP contribution is -2.49. The molecule has 1 atom stereocenters. The van der Waals surface area contributed by atoms with Crippen LogP contribution in [0.3, 0.4) is 0 Å². The van der Waals surface area contributed by atoms with Crippen molar-refractivity contribution in [2.75, 3.05) is 34.2 Å². The molecule has 1 aromatic heterocycles. The van der Waals surface area contributed by atoms with Crippen molar-refractivity contribution in [1.82, 2.24) is 25.3 Å². The molecule has 1 aromatic carbocycles. The summed E-state index contributed by atoms with van der Waals surface area (Å²) in [7, 11) is 7.97. The van der Waals surface area contributed by atoms with Crippen molar-refractivity contribution >= 4 is 5.96 Å². The van der Waals surface area contributed by atoms with Gasteiger partial charge in [0.15, 0.2) is 5.96 Å². The summed E-state index contributed by atoms with van der Waals surface area (Å²) in [5, 5.41) is 11.4. The van der Waals surface area contributed by atoms with E-state index in [-0.39, 0.29) is 11.5 Å². The highest BCUT2D eigenvalue weighted by molar-refractivity contribution is 5.79. The van der Waals surface area contributed by atoms with Crippen LogP contribution in [0.2, 0.25) is 0 Å². The Morgan fingerprint density at radius 1 is 1.26 bits per heavy atom. The minimum absolute atomic E-state index is 0.239. The van der Waals surface area contributed by atoms with Crippen molar-refractivity contribution in [3.63, 3.8) is 0 Å². The van der Waals surface area contributed by atoms with Crippen molar-refractivity contribution in [2.45, 2.75) is 30.7 Å². The number of nitrogens with one attached hydrogen (secondary N) is 2. The number of guanidine groups is 1. The van der Waals surface area contributed by atoms with E-state index >= 15 is 0 Å². The highest BCUT2D eigenvalue weighted by Gasteiger charge is 2.38. The molecule has 1 aliphatic carbocycles. The normalized spacial score (nSPS) is 17.4. The molecule has 0 amide bonds. The smallest absolute Gasteiger partial charge is 0.191 e. The lowest BCUT2D eigenvalue weighted by molar-refractivity contribution is 0.243. The van der Waals surface area contributed by atoms with Crippen LogP contribution in [0.5, 0.6) is 0 Å². The molecule has 6 nitrogen and oxygen atoms in total. The monoisotopic (exact) mass is 368 g/mol. The second-order valence-corrected chi connectivity index (χ2v) is 7.73. The Kier molecular flexibility index (Phi) is 6.16. The number of hydrogen-bond acceptors (Lipinski definition) is 3. The Hall–Kier alpha value is -2.34. The molecule has 1 saturated carbocycles. The summed E-state index contributed by atoms with van der Waals surface area (Å²) in [6, 6.07) is 11.1. The molecule has 6 heteroatoms. The van der Waals surface area contributed by atoms with Crippen LogP contribution in [0.15, 0.2) is 47.7 Å². The van der Waals surface area contributed by atoms with Crippen molar-refractivity contribution in [3.8, 4) is 0 Å². The molecule has 1 aliphatic rings. The zero-order valence-electron chi connectivity index (χ0n) is 16.9. The fraction of sp³-hybridized carbons (Fsp3) is 0.524. The van der Waals surface area contributed by atoms with Crippen LogP contribution in [-0.2, 0) is 12.5 Å². The minimum Gasteiger partial charge on any atom is -0.356 e. The lowest BCUT2D eigenvalue weighted by atomic mass is 9.64. The number of nitrogens with zero attached hydrogens (tertiary/aromatic N) is 4. The Morgan fingerprint density at radius 2 is 2.00 bits per heavy atom. The molecule has 1 heterocycles. The van der Waals surface area contributed by atoms with E-state index in [9.17, 15) is 0 Å². The SMILES string of the molecule is CN=C(NCC(c1cnn(C)c1)N(C)C)NCC1(c2ccccc2)CCC1. The number of aromatic nitrogens is 2. The van der Waals surface area contributed by atoms with Crippen LogP contribution in [-0.4, -0.2) is 54.9 Å². The first kappa shape index (κ1) is 19.4. The largest absolute Gasteiger partial charge is 0.356 e. The Morgan fingerprint density at radius 3 is 2.52 bits per heavy atom. The van der Waals surface area contributed by atoms with Gasteiger partial charge in [0.25, 0.3) is 0 Å². The van der Waals surface area contributed by atoms with E-state index < -0.39 is 0 Å². The van der Waals surface area contributed by atoms with Gasteiger partial charge in [0.1, 0.15) is 0 Å². The number of aliphatic imine (C=N–C) groups is 1. The first-order valence-corrected chi connectivity index (χ1v) is 9.69. The van der Waals surface area contributed by atoms with Crippen molar-refractivity contribution in [2.24, 2.45) is 12.0 Å². The Bertz CT molecular complexity index is 745. The molecule has 0 spiro atoms. The summed E-state index contributed by atoms with van der Waals surface area (Å²) >= 11 is 0. The van der Waals surface area contributed by atoms with Crippen LogP contribution in [0.4, 0.5) is 0 Å². The van der Waals surface area contributed by atoms with Crippen LogP contribution in [0.25, 0.3) is 0 Å². The second-order valence-electron chi connectivity index (χ2n) is 7.73. The van der Waals surface area contributed by atoms with Crippen LogP contribution < -0.4 is 10.6 Å². The molecule has 27 heavy (non-hydrogen) atoms.